The van der Waals surface area contributed by atoms with Crippen LogP contribution in [-0.2, 0) is 0 Å². The van der Waals surface area contributed by atoms with Crippen molar-refractivity contribution >= 4 is 5.69 Å². The molecule has 0 bridgehead atoms. The van der Waals surface area contributed by atoms with Gasteiger partial charge >= 0.3 is 0 Å². The summed E-state index contributed by atoms with van der Waals surface area (Å²) in [6, 6.07) is 4.42. The van der Waals surface area contributed by atoms with E-state index in [4.69, 9.17) is 0 Å². The second kappa shape index (κ2) is 5.07. The summed E-state index contributed by atoms with van der Waals surface area (Å²) in [6.45, 7) is 2.68. The van der Waals surface area contributed by atoms with Gasteiger partial charge in [-0.1, -0.05) is 0 Å². The normalized spacial score (nSPS) is 17.4. The highest BCUT2D eigenvalue weighted by atomic mass is 19.1. The zero-order valence-electron chi connectivity index (χ0n) is 8.69. The van der Waals surface area contributed by atoms with Gasteiger partial charge in [-0.05, 0) is 18.6 Å². The number of alkyl halides is 1. The van der Waals surface area contributed by atoms with Crippen molar-refractivity contribution < 1.29 is 4.39 Å². The molecular weight excluding hydrogens is 193 g/mol. The second-order valence-electron chi connectivity index (χ2n) is 3.89. The number of nitrogens with zero attached hydrogens (tertiary/aromatic N) is 2. The number of halogens is 1. The smallest absolute Gasteiger partial charge is 0.0906 e. The van der Waals surface area contributed by atoms with E-state index in [2.05, 4.69) is 15.2 Å². The second-order valence-corrected chi connectivity index (χ2v) is 3.89. The Morgan fingerprint density at radius 2 is 2.40 bits per heavy atom. The van der Waals surface area contributed by atoms with E-state index in [1.165, 1.54) is 0 Å². The zero-order chi connectivity index (χ0) is 10.5. The van der Waals surface area contributed by atoms with Gasteiger partial charge in [0, 0.05) is 32.0 Å². The van der Waals surface area contributed by atoms with Crippen molar-refractivity contribution in [2.24, 2.45) is 0 Å². The molecule has 1 aromatic heterocycles. The Kier molecular flexibility index (Phi) is 3.50. The Hall–Kier alpha value is -1.16. The molecule has 3 nitrogen and oxygen atoms in total. The Balaban J connectivity index is 1.68. The number of anilines is 1. The molecule has 4 heteroatoms. The van der Waals surface area contributed by atoms with Crippen LogP contribution in [0.1, 0.15) is 6.42 Å². The topological polar surface area (TPSA) is 28.2 Å². The lowest BCUT2D eigenvalue weighted by molar-refractivity contribution is 0.155. The maximum atomic E-state index is 11.9. The minimum atomic E-state index is -0.211. The SMILES string of the molecule is FCCCN1CC(Nc2cccnc2)C1. The first-order valence-corrected chi connectivity index (χ1v) is 5.33. The van der Waals surface area contributed by atoms with E-state index >= 15 is 0 Å². The molecule has 1 saturated heterocycles. The van der Waals surface area contributed by atoms with E-state index in [9.17, 15) is 4.39 Å². The van der Waals surface area contributed by atoms with Crippen LogP contribution < -0.4 is 5.32 Å². The lowest BCUT2D eigenvalue weighted by Crippen LogP contribution is -2.54. The van der Waals surface area contributed by atoms with E-state index < -0.39 is 0 Å². The molecule has 0 aliphatic carbocycles. The van der Waals surface area contributed by atoms with Crippen molar-refractivity contribution in [2.45, 2.75) is 12.5 Å². The minimum Gasteiger partial charge on any atom is -0.378 e. The molecule has 1 N–H and O–H groups in total. The van der Waals surface area contributed by atoms with Crippen molar-refractivity contribution in [2.75, 3.05) is 31.6 Å². The summed E-state index contributed by atoms with van der Waals surface area (Å²) < 4.78 is 11.9. The Morgan fingerprint density at radius 1 is 1.53 bits per heavy atom. The molecular formula is C11H16FN3. The highest BCUT2D eigenvalue weighted by Crippen LogP contribution is 2.14. The third-order valence-corrected chi connectivity index (χ3v) is 2.60. The number of hydrogen-bond donors (Lipinski definition) is 1. The molecule has 2 heterocycles. The molecule has 0 radical (unpaired) electrons. The summed E-state index contributed by atoms with van der Waals surface area (Å²) >= 11 is 0. The molecule has 0 unspecified atom stereocenters. The fourth-order valence-electron chi connectivity index (χ4n) is 1.81. The fraction of sp³-hybridized carbons (Fsp3) is 0.545. The van der Waals surface area contributed by atoms with Gasteiger partial charge in [-0.25, -0.2) is 0 Å². The quantitative estimate of drug-likeness (QED) is 0.797. The van der Waals surface area contributed by atoms with E-state index in [0.29, 0.717) is 12.5 Å². The van der Waals surface area contributed by atoms with Gasteiger partial charge in [-0.2, -0.15) is 0 Å². The number of nitrogens with one attached hydrogen (secondary N) is 1. The molecule has 1 fully saturated rings. The van der Waals surface area contributed by atoms with Crippen LogP contribution in [0.2, 0.25) is 0 Å². The zero-order valence-corrected chi connectivity index (χ0v) is 8.69. The molecule has 0 amide bonds. The Labute approximate surface area is 89.3 Å². The first kappa shape index (κ1) is 10.4. The third-order valence-electron chi connectivity index (χ3n) is 2.60. The first-order valence-electron chi connectivity index (χ1n) is 5.33. The molecule has 1 aliphatic heterocycles. The summed E-state index contributed by atoms with van der Waals surface area (Å²) in [5.41, 5.74) is 1.06. The summed E-state index contributed by atoms with van der Waals surface area (Å²) in [5, 5.41) is 3.39. The molecule has 2 rings (SSSR count). The Morgan fingerprint density at radius 3 is 3.07 bits per heavy atom. The van der Waals surface area contributed by atoms with Crippen molar-refractivity contribution in [3.63, 3.8) is 0 Å². The standard InChI is InChI=1S/C11H16FN3/c12-4-2-6-15-8-11(9-15)14-10-3-1-5-13-7-10/h1,3,5,7,11,14H,2,4,6,8-9H2. The molecule has 0 atom stereocenters. The largest absolute Gasteiger partial charge is 0.378 e. The predicted molar refractivity (Wildman–Crippen MR) is 58.7 cm³/mol. The van der Waals surface area contributed by atoms with E-state index in [-0.39, 0.29) is 6.67 Å². The maximum Gasteiger partial charge on any atom is 0.0906 e. The molecule has 0 aromatic carbocycles. The van der Waals surface area contributed by atoms with Crippen LogP contribution in [0.4, 0.5) is 10.1 Å². The van der Waals surface area contributed by atoms with E-state index in [0.717, 1.165) is 25.3 Å². The number of pyridine rings is 1. The summed E-state index contributed by atoms with van der Waals surface area (Å²) in [7, 11) is 0. The van der Waals surface area contributed by atoms with Crippen molar-refractivity contribution in [3.8, 4) is 0 Å². The van der Waals surface area contributed by atoms with Crippen LogP contribution in [0, 0.1) is 0 Å². The van der Waals surface area contributed by atoms with E-state index in [1.807, 2.05) is 18.3 Å². The monoisotopic (exact) mass is 209 g/mol. The van der Waals surface area contributed by atoms with Crippen molar-refractivity contribution in [3.05, 3.63) is 24.5 Å². The van der Waals surface area contributed by atoms with Gasteiger partial charge < -0.3 is 5.32 Å². The van der Waals surface area contributed by atoms with Gasteiger partial charge in [0.2, 0.25) is 0 Å². The number of hydrogen-bond acceptors (Lipinski definition) is 3. The van der Waals surface area contributed by atoms with Crippen LogP contribution >= 0.6 is 0 Å². The average Bonchev–Trinajstić information content (AvgIpc) is 2.23. The molecule has 82 valence electrons. The molecule has 0 saturated carbocycles. The maximum absolute atomic E-state index is 11.9. The van der Waals surface area contributed by atoms with Gasteiger partial charge in [-0.3, -0.25) is 14.3 Å². The van der Waals surface area contributed by atoms with Crippen LogP contribution in [0.15, 0.2) is 24.5 Å². The minimum absolute atomic E-state index is 0.211. The molecule has 0 spiro atoms. The predicted octanol–water partition coefficient (Wildman–Crippen LogP) is 1.54. The highest BCUT2D eigenvalue weighted by molar-refractivity contribution is 5.41. The van der Waals surface area contributed by atoms with Gasteiger partial charge in [0.15, 0.2) is 0 Å². The van der Waals surface area contributed by atoms with Gasteiger partial charge in [0.05, 0.1) is 18.4 Å². The van der Waals surface area contributed by atoms with Crippen molar-refractivity contribution in [1.82, 2.24) is 9.88 Å². The number of likely N-dealkylation sites (tertiary alicyclic amines) is 1. The highest BCUT2D eigenvalue weighted by Gasteiger charge is 2.25. The number of rotatable bonds is 5. The summed E-state index contributed by atoms with van der Waals surface area (Å²) in [5.74, 6) is 0. The van der Waals surface area contributed by atoms with Crippen LogP contribution in [0.25, 0.3) is 0 Å². The van der Waals surface area contributed by atoms with Crippen LogP contribution in [0.3, 0.4) is 0 Å². The summed E-state index contributed by atoms with van der Waals surface area (Å²) in [4.78, 5) is 6.30. The lowest BCUT2D eigenvalue weighted by atomic mass is 10.1. The first-order chi connectivity index (χ1) is 7.38. The van der Waals surface area contributed by atoms with Gasteiger partial charge in [-0.15, -0.1) is 0 Å². The average molecular weight is 209 g/mol. The van der Waals surface area contributed by atoms with Gasteiger partial charge in [0.1, 0.15) is 0 Å². The Bertz CT molecular complexity index is 285. The molecule has 15 heavy (non-hydrogen) atoms. The van der Waals surface area contributed by atoms with E-state index in [1.54, 1.807) is 6.20 Å². The lowest BCUT2D eigenvalue weighted by Gasteiger charge is -2.39. The van der Waals surface area contributed by atoms with Crippen LogP contribution in [-0.4, -0.2) is 42.2 Å². The van der Waals surface area contributed by atoms with Crippen molar-refractivity contribution in [1.29, 1.82) is 0 Å². The fourth-order valence-corrected chi connectivity index (χ4v) is 1.81. The molecule has 1 aromatic rings. The van der Waals surface area contributed by atoms with Gasteiger partial charge in [0.25, 0.3) is 0 Å². The molecule has 1 aliphatic rings. The number of aromatic nitrogens is 1. The van der Waals surface area contributed by atoms with Crippen LogP contribution in [0.5, 0.6) is 0 Å². The third kappa shape index (κ3) is 2.89. The summed E-state index contributed by atoms with van der Waals surface area (Å²) in [6.07, 6.45) is 4.24.